The second-order valence-corrected chi connectivity index (χ2v) is 7.97. The molecule has 8 heteroatoms. The number of benzene rings is 2. The number of carbonyl (C=O) groups is 1. The van der Waals surface area contributed by atoms with E-state index in [0.29, 0.717) is 42.6 Å². The monoisotopic (exact) mass is 442 g/mol. The highest BCUT2D eigenvalue weighted by atomic mass is 16.6. The van der Waals surface area contributed by atoms with Crippen LogP contribution in [0.15, 0.2) is 30.3 Å². The van der Waals surface area contributed by atoms with E-state index in [1.165, 1.54) is 5.56 Å². The molecule has 0 aliphatic carbocycles. The Morgan fingerprint density at radius 1 is 1.00 bits per heavy atom. The zero-order chi connectivity index (χ0) is 22.5. The Balaban J connectivity index is 1.25. The van der Waals surface area contributed by atoms with Crippen molar-refractivity contribution in [2.45, 2.75) is 25.4 Å². The Morgan fingerprint density at radius 2 is 1.75 bits per heavy atom. The van der Waals surface area contributed by atoms with Crippen molar-refractivity contribution in [1.29, 1.82) is 0 Å². The van der Waals surface area contributed by atoms with Gasteiger partial charge in [0.25, 0.3) is 5.91 Å². The first-order valence-corrected chi connectivity index (χ1v) is 10.9. The highest BCUT2D eigenvalue weighted by Crippen LogP contribution is 2.42. The van der Waals surface area contributed by atoms with E-state index in [1.54, 1.807) is 26.4 Å². The van der Waals surface area contributed by atoms with Crippen LogP contribution in [-0.2, 0) is 11.2 Å². The van der Waals surface area contributed by atoms with E-state index in [1.807, 2.05) is 12.1 Å². The maximum Gasteiger partial charge on any atom is 0.265 e. The number of fused-ring (bicyclic) bond motifs is 2. The van der Waals surface area contributed by atoms with Gasteiger partial charge in [-0.1, -0.05) is 6.07 Å². The molecule has 1 unspecified atom stereocenters. The smallest absolute Gasteiger partial charge is 0.265 e. The van der Waals surface area contributed by atoms with Gasteiger partial charge in [0.05, 0.1) is 19.9 Å². The molecule has 4 rings (SSSR count). The lowest BCUT2D eigenvalue weighted by molar-refractivity contribution is -0.123. The summed E-state index contributed by atoms with van der Waals surface area (Å²) in [6, 6.07) is 9.56. The summed E-state index contributed by atoms with van der Waals surface area (Å²) in [6.07, 6.45) is 1.88. The Bertz CT molecular complexity index is 964. The van der Waals surface area contributed by atoms with Crippen molar-refractivity contribution in [2.24, 2.45) is 0 Å². The van der Waals surface area contributed by atoms with Gasteiger partial charge in [0.1, 0.15) is 19.0 Å². The molecule has 0 radical (unpaired) electrons. The SMILES string of the molecule is COc1ccc(CCN(C)CCCC2Oc3cc4c(cc3NC2=O)OCCO4)cc1OC. The molecule has 2 aromatic rings. The van der Waals surface area contributed by atoms with Crippen LogP contribution in [0, 0.1) is 0 Å². The largest absolute Gasteiger partial charge is 0.493 e. The molecular formula is C24H30N2O6. The van der Waals surface area contributed by atoms with Gasteiger partial charge in [-0.05, 0) is 50.6 Å². The van der Waals surface area contributed by atoms with Crippen LogP contribution in [0.1, 0.15) is 18.4 Å². The lowest BCUT2D eigenvalue weighted by Gasteiger charge is -2.28. The molecule has 8 nitrogen and oxygen atoms in total. The van der Waals surface area contributed by atoms with E-state index < -0.39 is 6.10 Å². The van der Waals surface area contributed by atoms with Gasteiger partial charge >= 0.3 is 0 Å². The number of amides is 1. The molecule has 32 heavy (non-hydrogen) atoms. The minimum Gasteiger partial charge on any atom is -0.493 e. The normalized spacial score (nSPS) is 16.8. The van der Waals surface area contributed by atoms with E-state index in [2.05, 4.69) is 23.3 Å². The lowest BCUT2D eigenvalue weighted by atomic mass is 10.1. The molecule has 1 amide bonds. The summed E-state index contributed by atoms with van der Waals surface area (Å²) < 4.78 is 27.8. The predicted octanol–water partition coefficient (Wildman–Crippen LogP) is 3.13. The Labute approximate surface area is 188 Å². The lowest BCUT2D eigenvalue weighted by Crippen LogP contribution is -2.37. The zero-order valence-electron chi connectivity index (χ0n) is 18.8. The van der Waals surface area contributed by atoms with Gasteiger partial charge < -0.3 is 33.9 Å². The standard InChI is InChI=1S/C24H30N2O6/c1-26(10-8-16-6-7-18(28-2)21(13-16)29-3)9-4-5-19-24(27)25-17-14-22-23(15-20(17)32-19)31-12-11-30-22/h6-7,13-15,19H,4-5,8-12H2,1-3H3,(H,25,27). The number of nitrogens with one attached hydrogen (secondary N) is 1. The van der Waals surface area contributed by atoms with Crippen LogP contribution >= 0.6 is 0 Å². The van der Waals surface area contributed by atoms with Gasteiger partial charge in [0, 0.05) is 18.7 Å². The van der Waals surface area contributed by atoms with Crippen molar-refractivity contribution >= 4 is 11.6 Å². The fourth-order valence-corrected chi connectivity index (χ4v) is 3.89. The van der Waals surface area contributed by atoms with E-state index in [4.69, 9.17) is 23.7 Å². The number of carbonyl (C=O) groups excluding carboxylic acids is 1. The van der Waals surface area contributed by atoms with Gasteiger partial charge in [0.2, 0.25) is 0 Å². The molecule has 2 aliphatic rings. The van der Waals surface area contributed by atoms with Crippen LogP contribution in [0.5, 0.6) is 28.7 Å². The van der Waals surface area contributed by atoms with Crippen molar-refractivity contribution in [2.75, 3.05) is 52.9 Å². The fraction of sp³-hybridized carbons (Fsp3) is 0.458. The molecule has 2 aliphatic heterocycles. The first kappa shape index (κ1) is 22.1. The number of nitrogens with zero attached hydrogens (tertiary/aromatic N) is 1. The fourth-order valence-electron chi connectivity index (χ4n) is 3.89. The molecule has 0 saturated heterocycles. The third-order valence-electron chi connectivity index (χ3n) is 5.70. The van der Waals surface area contributed by atoms with Gasteiger partial charge in [0.15, 0.2) is 29.1 Å². The highest BCUT2D eigenvalue weighted by Gasteiger charge is 2.29. The molecule has 0 spiro atoms. The van der Waals surface area contributed by atoms with Crippen LogP contribution in [0.4, 0.5) is 5.69 Å². The number of rotatable bonds is 9. The van der Waals surface area contributed by atoms with Crippen molar-refractivity contribution in [3.05, 3.63) is 35.9 Å². The summed E-state index contributed by atoms with van der Waals surface area (Å²) in [7, 11) is 5.36. The second kappa shape index (κ2) is 9.99. The number of likely N-dealkylation sites (N-methyl/N-ethyl adjacent to an activating group) is 1. The van der Waals surface area contributed by atoms with Crippen molar-refractivity contribution in [3.8, 4) is 28.7 Å². The van der Waals surface area contributed by atoms with Crippen LogP contribution in [0.2, 0.25) is 0 Å². The Kier molecular flexibility index (Phi) is 6.90. The average Bonchev–Trinajstić information content (AvgIpc) is 2.81. The molecule has 0 saturated carbocycles. The molecule has 0 aromatic heterocycles. The maximum absolute atomic E-state index is 12.5. The van der Waals surface area contributed by atoms with Crippen LogP contribution in [-0.4, -0.2) is 64.5 Å². The molecule has 172 valence electrons. The van der Waals surface area contributed by atoms with Gasteiger partial charge in [-0.3, -0.25) is 4.79 Å². The Morgan fingerprint density at radius 3 is 2.50 bits per heavy atom. The molecule has 2 heterocycles. The van der Waals surface area contributed by atoms with Gasteiger partial charge in [-0.25, -0.2) is 0 Å². The third-order valence-corrected chi connectivity index (χ3v) is 5.70. The van der Waals surface area contributed by atoms with Crippen LogP contribution in [0.3, 0.4) is 0 Å². The first-order chi connectivity index (χ1) is 15.6. The summed E-state index contributed by atoms with van der Waals surface area (Å²) in [5, 5.41) is 2.93. The van der Waals surface area contributed by atoms with E-state index in [0.717, 1.165) is 37.4 Å². The molecular weight excluding hydrogens is 412 g/mol. The second-order valence-electron chi connectivity index (χ2n) is 7.97. The zero-order valence-corrected chi connectivity index (χ0v) is 18.8. The number of methoxy groups -OCH3 is 2. The molecule has 1 atom stereocenters. The molecule has 0 bridgehead atoms. The predicted molar refractivity (Wildman–Crippen MR) is 120 cm³/mol. The maximum atomic E-state index is 12.5. The number of hydrogen-bond donors (Lipinski definition) is 1. The summed E-state index contributed by atoms with van der Waals surface area (Å²) in [5.74, 6) is 3.26. The average molecular weight is 443 g/mol. The molecule has 2 aromatic carbocycles. The van der Waals surface area contributed by atoms with Crippen LogP contribution < -0.4 is 29.0 Å². The van der Waals surface area contributed by atoms with Crippen molar-refractivity contribution in [3.63, 3.8) is 0 Å². The molecule has 1 N–H and O–H groups in total. The van der Waals surface area contributed by atoms with Gasteiger partial charge in [-0.15, -0.1) is 0 Å². The molecule has 0 fully saturated rings. The summed E-state index contributed by atoms with van der Waals surface area (Å²) in [6.45, 7) is 2.79. The quantitative estimate of drug-likeness (QED) is 0.639. The van der Waals surface area contributed by atoms with E-state index in [-0.39, 0.29) is 5.91 Å². The minimum absolute atomic E-state index is 0.123. The number of anilines is 1. The summed E-state index contributed by atoms with van der Waals surface area (Å²) in [5.41, 5.74) is 1.82. The van der Waals surface area contributed by atoms with Gasteiger partial charge in [-0.2, -0.15) is 0 Å². The minimum atomic E-state index is -0.510. The highest BCUT2D eigenvalue weighted by molar-refractivity contribution is 5.98. The van der Waals surface area contributed by atoms with E-state index >= 15 is 0 Å². The third kappa shape index (κ3) is 5.02. The topological polar surface area (TPSA) is 78.5 Å². The van der Waals surface area contributed by atoms with Crippen molar-refractivity contribution in [1.82, 2.24) is 4.90 Å². The first-order valence-electron chi connectivity index (χ1n) is 10.9. The van der Waals surface area contributed by atoms with E-state index in [9.17, 15) is 4.79 Å². The van der Waals surface area contributed by atoms with Crippen LogP contribution in [0.25, 0.3) is 0 Å². The number of ether oxygens (including phenoxy) is 5. The summed E-state index contributed by atoms with van der Waals surface area (Å²) >= 11 is 0. The van der Waals surface area contributed by atoms with Crippen molar-refractivity contribution < 1.29 is 28.5 Å². The summed E-state index contributed by atoms with van der Waals surface area (Å²) in [4.78, 5) is 14.7. The Hall–Kier alpha value is -3.13. The number of hydrogen-bond acceptors (Lipinski definition) is 7.